The highest BCUT2D eigenvalue weighted by Gasteiger charge is 2.25. The Hall–Kier alpha value is -2.34. The summed E-state index contributed by atoms with van der Waals surface area (Å²) in [5.74, 6) is 0.587. The zero-order chi connectivity index (χ0) is 16.5. The number of rotatable bonds is 3. The lowest BCUT2D eigenvalue weighted by molar-refractivity contribution is 0.00970. The van der Waals surface area contributed by atoms with Crippen molar-refractivity contribution in [1.82, 2.24) is 14.7 Å². The van der Waals surface area contributed by atoms with E-state index in [0.29, 0.717) is 31.3 Å². The first-order valence-electron chi connectivity index (χ1n) is 8.35. The fraction of sp³-hybridized carbons (Fsp3) is 0.444. The fourth-order valence-corrected chi connectivity index (χ4v) is 3.28. The molecule has 0 N–H and O–H groups in total. The van der Waals surface area contributed by atoms with E-state index in [1.54, 1.807) is 22.7 Å². The number of carbonyl (C=O) groups excluding carboxylic acids is 1. The number of hydrogen-bond donors (Lipinski definition) is 0. The molecule has 0 radical (unpaired) electrons. The van der Waals surface area contributed by atoms with Crippen molar-refractivity contribution in [3.63, 3.8) is 0 Å². The van der Waals surface area contributed by atoms with Gasteiger partial charge in [-0.2, -0.15) is 5.10 Å². The van der Waals surface area contributed by atoms with Crippen LogP contribution in [0.5, 0.6) is 5.88 Å². The minimum atomic E-state index is -0.0945. The predicted octanol–water partition coefficient (Wildman–Crippen LogP) is 1.88. The minimum Gasteiger partial charge on any atom is -0.478 e. The lowest BCUT2D eigenvalue weighted by Gasteiger charge is -2.28. The molecule has 1 amide bonds. The van der Waals surface area contributed by atoms with Crippen molar-refractivity contribution in [1.29, 1.82) is 0 Å². The Bertz CT molecular complexity index is 732. The van der Waals surface area contributed by atoms with Gasteiger partial charge < -0.3 is 14.4 Å². The lowest BCUT2D eigenvalue weighted by Crippen LogP contribution is -2.38. The van der Waals surface area contributed by atoms with Gasteiger partial charge in [-0.25, -0.2) is 4.68 Å². The van der Waals surface area contributed by atoms with E-state index in [2.05, 4.69) is 17.2 Å². The predicted molar refractivity (Wildman–Crippen MR) is 88.0 cm³/mol. The van der Waals surface area contributed by atoms with Gasteiger partial charge in [0.15, 0.2) is 5.69 Å². The molecule has 0 saturated carbocycles. The number of fused-ring (bicyclic) bond motifs is 2. The van der Waals surface area contributed by atoms with E-state index < -0.39 is 0 Å². The van der Waals surface area contributed by atoms with Gasteiger partial charge in [0.1, 0.15) is 0 Å². The van der Waals surface area contributed by atoms with Crippen LogP contribution in [-0.4, -0.2) is 46.9 Å². The van der Waals surface area contributed by atoms with Crippen LogP contribution in [-0.2, 0) is 24.3 Å². The zero-order valence-corrected chi connectivity index (χ0v) is 13.8. The Balaban J connectivity index is 1.42. The number of aromatic nitrogens is 2. The van der Waals surface area contributed by atoms with Crippen molar-refractivity contribution in [2.45, 2.75) is 32.1 Å². The van der Waals surface area contributed by atoms with Crippen LogP contribution in [0.3, 0.4) is 0 Å². The van der Waals surface area contributed by atoms with Crippen LogP contribution in [0.25, 0.3) is 0 Å². The number of likely N-dealkylation sites (N-methyl/N-ethyl adjacent to an activating group) is 1. The van der Waals surface area contributed by atoms with Gasteiger partial charge >= 0.3 is 0 Å². The summed E-state index contributed by atoms with van der Waals surface area (Å²) in [5, 5.41) is 4.36. The van der Waals surface area contributed by atoms with Gasteiger partial charge in [-0.1, -0.05) is 24.3 Å². The van der Waals surface area contributed by atoms with E-state index >= 15 is 0 Å². The largest absolute Gasteiger partial charge is 0.478 e. The SMILES string of the molecule is CN(C[C@H]1Cc2ccccc2CO1)C(=O)c1cc2n(n1)CCCO2. The number of ether oxygens (including phenoxy) is 2. The third kappa shape index (κ3) is 2.89. The van der Waals surface area contributed by atoms with Crippen LogP contribution < -0.4 is 4.74 Å². The molecule has 0 saturated heterocycles. The van der Waals surface area contributed by atoms with E-state index in [-0.39, 0.29) is 12.0 Å². The Morgan fingerprint density at radius 2 is 2.21 bits per heavy atom. The first-order valence-corrected chi connectivity index (χ1v) is 8.35. The number of carbonyl (C=O) groups is 1. The molecule has 0 unspecified atom stereocenters. The van der Waals surface area contributed by atoms with Crippen molar-refractivity contribution in [2.24, 2.45) is 0 Å². The molecule has 1 aromatic carbocycles. The van der Waals surface area contributed by atoms with Crippen LogP contribution in [0.15, 0.2) is 30.3 Å². The third-order valence-corrected chi connectivity index (χ3v) is 4.59. The van der Waals surface area contributed by atoms with Gasteiger partial charge in [0.25, 0.3) is 5.91 Å². The highest BCUT2D eigenvalue weighted by Crippen LogP contribution is 2.22. The third-order valence-electron chi connectivity index (χ3n) is 4.59. The van der Waals surface area contributed by atoms with E-state index in [1.165, 1.54) is 11.1 Å². The van der Waals surface area contributed by atoms with Gasteiger partial charge in [-0.05, 0) is 11.1 Å². The molecule has 2 aliphatic rings. The first-order chi connectivity index (χ1) is 11.7. The second-order valence-corrected chi connectivity index (χ2v) is 6.38. The molecule has 0 spiro atoms. The Morgan fingerprint density at radius 1 is 1.38 bits per heavy atom. The van der Waals surface area contributed by atoms with E-state index in [4.69, 9.17) is 9.47 Å². The summed E-state index contributed by atoms with van der Waals surface area (Å²) in [6.07, 6.45) is 1.77. The van der Waals surface area contributed by atoms with Gasteiger partial charge in [-0.3, -0.25) is 4.79 Å². The molecule has 2 aromatic rings. The second-order valence-electron chi connectivity index (χ2n) is 6.38. The van der Waals surface area contributed by atoms with Crippen molar-refractivity contribution in [3.05, 3.63) is 47.2 Å². The summed E-state index contributed by atoms with van der Waals surface area (Å²) in [6.45, 7) is 2.64. The maximum atomic E-state index is 12.6. The molecule has 6 heteroatoms. The van der Waals surface area contributed by atoms with Crippen LogP contribution in [0.1, 0.15) is 28.0 Å². The van der Waals surface area contributed by atoms with E-state index in [0.717, 1.165) is 19.4 Å². The number of aryl methyl sites for hydroxylation is 1. The molecule has 0 fully saturated rings. The highest BCUT2D eigenvalue weighted by atomic mass is 16.5. The lowest BCUT2D eigenvalue weighted by atomic mass is 9.99. The first kappa shape index (κ1) is 15.2. The summed E-state index contributed by atoms with van der Waals surface area (Å²) in [5.41, 5.74) is 2.98. The normalized spacial score (nSPS) is 19.1. The molecule has 3 heterocycles. The van der Waals surface area contributed by atoms with Crippen molar-refractivity contribution in [2.75, 3.05) is 20.2 Å². The summed E-state index contributed by atoms with van der Waals surface area (Å²) in [6, 6.07) is 10.0. The topological polar surface area (TPSA) is 56.6 Å². The average molecular weight is 327 g/mol. The number of nitrogens with zero attached hydrogens (tertiary/aromatic N) is 3. The number of amides is 1. The van der Waals surface area contributed by atoms with Crippen molar-refractivity contribution < 1.29 is 14.3 Å². The Labute approximate surface area is 141 Å². The molecule has 1 atom stereocenters. The highest BCUT2D eigenvalue weighted by molar-refractivity contribution is 5.92. The van der Waals surface area contributed by atoms with Crippen LogP contribution >= 0.6 is 0 Å². The van der Waals surface area contributed by atoms with Crippen molar-refractivity contribution >= 4 is 5.91 Å². The summed E-state index contributed by atoms with van der Waals surface area (Å²) in [4.78, 5) is 14.3. The van der Waals surface area contributed by atoms with Crippen molar-refractivity contribution in [3.8, 4) is 5.88 Å². The minimum absolute atomic E-state index is 0.0161. The maximum absolute atomic E-state index is 12.6. The Morgan fingerprint density at radius 3 is 3.04 bits per heavy atom. The molecule has 126 valence electrons. The molecule has 0 aliphatic carbocycles. The van der Waals surface area contributed by atoms with Gasteiger partial charge in [0.2, 0.25) is 5.88 Å². The quantitative estimate of drug-likeness (QED) is 0.864. The second kappa shape index (κ2) is 6.28. The molecule has 1 aromatic heterocycles. The summed E-state index contributed by atoms with van der Waals surface area (Å²) >= 11 is 0. The Kier molecular flexibility index (Phi) is 3.98. The van der Waals surface area contributed by atoms with E-state index in [1.807, 2.05) is 12.1 Å². The van der Waals surface area contributed by atoms with Gasteiger partial charge in [0.05, 0.1) is 19.3 Å². The van der Waals surface area contributed by atoms with E-state index in [9.17, 15) is 4.79 Å². The van der Waals surface area contributed by atoms with Crippen LogP contribution in [0.2, 0.25) is 0 Å². The standard InChI is InChI=1S/C18H21N3O3/c1-20(11-15-9-13-5-2-3-6-14(13)12-24-15)18(22)16-10-17-21(19-16)7-4-8-23-17/h2-3,5-6,10,15H,4,7-9,11-12H2,1H3/t15-/m1/s1. The number of benzene rings is 1. The summed E-state index contributed by atoms with van der Waals surface area (Å²) < 4.78 is 13.2. The molecular weight excluding hydrogens is 306 g/mol. The molecule has 24 heavy (non-hydrogen) atoms. The summed E-state index contributed by atoms with van der Waals surface area (Å²) in [7, 11) is 1.80. The van der Waals surface area contributed by atoms with Crippen LogP contribution in [0, 0.1) is 0 Å². The average Bonchev–Trinajstić information content (AvgIpc) is 3.05. The zero-order valence-electron chi connectivity index (χ0n) is 13.8. The molecule has 2 aliphatic heterocycles. The molecular formula is C18H21N3O3. The van der Waals surface area contributed by atoms with Gasteiger partial charge in [0, 0.05) is 39.0 Å². The molecule has 6 nitrogen and oxygen atoms in total. The fourth-order valence-electron chi connectivity index (χ4n) is 3.28. The smallest absolute Gasteiger partial charge is 0.274 e. The molecule has 0 bridgehead atoms. The number of hydrogen-bond acceptors (Lipinski definition) is 4. The van der Waals surface area contributed by atoms with Crippen LogP contribution in [0.4, 0.5) is 0 Å². The van der Waals surface area contributed by atoms with Gasteiger partial charge in [-0.15, -0.1) is 0 Å². The molecule has 4 rings (SSSR count). The monoisotopic (exact) mass is 327 g/mol. The maximum Gasteiger partial charge on any atom is 0.274 e.